The number of ether oxygens (including phenoxy) is 1. The molecule has 9 nitrogen and oxygen atoms in total. The zero-order valence-electron chi connectivity index (χ0n) is 19.0. The van der Waals surface area contributed by atoms with Gasteiger partial charge in [-0.3, -0.25) is 4.79 Å². The Bertz CT molecular complexity index is 1530. The van der Waals surface area contributed by atoms with Crippen molar-refractivity contribution in [2.24, 2.45) is 5.92 Å². The molecule has 0 aliphatic carbocycles. The van der Waals surface area contributed by atoms with Gasteiger partial charge in [-0.25, -0.2) is 18.4 Å². The largest absolute Gasteiger partial charge is 0.507 e. The average molecular weight is 493 g/mol. The van der Waals surface area contributed by atoms with Gasteiger partial charge in [-0.1, -0.05) is 6.07 Å². The van der Waals surface area contributed by atoms with Gasteiger partial charge in [0.1, 0.15) is 11.6 Å². The molecule has 0 bridgehead atoms. The monoisotopic (exact) mass is 492 g/mol. The molecular formula is C25H24N4O5S. The van der Waals surface area contributed by atoms with Crippen molar-refractivity contribution in [2.45, 2.75) is 6.42 Å². The van der Waals surface area contributed by atoms with E-state index in [-0.39, 0.29) is 29.1 Å². The highest BCUT2D eigenvalue weighted by molar-refractivity contribution is 7.91. The molecule has 1 aliphatic rings. The number of aromatic hydroxyl groups is 1. The second kappa shape index (κ2) is 9.03. The summed E-state index contributed by atoms with van der Waals surface area (Å²) in [5.41, 5.74) is 3.80. The van der Waals surface area contributed by atoms with E-state index in [1.165, 1.54) is 0 Å². The summed E-state index contributed by atoms with van der Waals surface area (Å²) < 4.78 is 28.6. The number of nitrogens with zero attached hydrogens (tertiary/aromatic N) is 2. The Labute approximate surface area is 202 Å². The van der Waals surface area contributed by atoms with Crippen LogP contribution in [-0.4, -0.2) is 59.5 Å². The zero-order valence-corrected chi connectivity index (χ0v) is 19.8. The van der Waals surface area contributed by atoms with Crippen molar-refractivity contribution in [3.05, 3.63) is 60.3 Å². The molecule has 2 aromatic heterocycles. The molecule has 0 saturated carbocycles. The van der Waals surface area contributed by atoms with Crippen LogP contribution in [0.2, 0.25) is 0 Å². The first kappa shape index (κ1) is 22.9. The van der Waals surface area contributed by atoms with Crippen LogP contribution in [0.3, 0.4) is 0 Å². The van der Waals surface area contributed by atoms with Gasteiger partial charge in [-0.15, -0.1) is 0 Å². The van der Waals surface area contributed by atoms with E-state index in [2.05, 4.69) is 20.3 Å². The summed E-state index contributed by atoms with van der Waals surface area (Å²) in [5.74, 6) is 0.943. The van der Waals surface area contributed by atoms with E-state index in [0.717, 1.165) is 11.1 Å². The summed E-state index contributed by atoms with van der Waals surface area (Å²) in [4.78, 5) is 24.6. The number of fused-ring (bicyclic) bond motifs is 1. The summed E-state index contributed by atoms with van der Waals surface area (Å²) in [5, 5.41) is 13.4. The first-order chi connectivity index (χ1) is 16.8. The van der Waals surface area contributed by atoms with Crippen LogP contribution in [0.15, 0.2) is 54.7 Å². The molecule has 3 heterocycles. The second-order valence-electron chi connectivity index (χ2n) is 8.59. The summed E-state index contributed by atoms with van der Waals surface area (Å²) >= 11 is 0. The molecule has 1 atom stereocenters. The number of carbonyl (C=O) groups is 1. The van der Waals surface area contributed by atoms with Gasteiger partial charge in [0.05, 0.1) is 35.2 Å². The van der Waals surface area contributed by atoms with E-state index in [1.807, 2.05) is 12.1 Å². The van der Waals surface area contributed by atoms with Crippen molar-refractivity contribution in [3.63, 3.8) is 0 Å². The van der Waals surface area contributed by atoms with Crippen LogP contribution >= 0.6 is 0 Å². The molecule has 1 aliphatic heterocycles. The van der Waals surface area contributed by atoms with Crippen molar-refractivity contribution in [1.29, 1.82) is 0 Å². The highest BCUT2D eigenvalue weighted by Gasteiger charge is 2.28. The molecule has 0 spiro atoms. The van der Waals surface area contributed by atoms with E-state index in [1.54, 1.807) is 49.7 Å². The summed E-state index contributed by atoms with van der Waals surface area (Å²) in [6.07, 6.45) is 2.21. The third-order valence-corrected chi connectivity index (χ3v) is 7.99. The van der Waals surface area contributed by atoms with Gasteiger partial charge >= 0.3 is 0 Å². The molecular weight excluding hydrogens is 468 g/mol. The first-order valence-electron chi connectivity index (χ1n) is 11.1. The second-order valence-corrected chi connectivity index (χ2v) is 10.8. The standard InChI is InChI=1S/C25H24N4O5S/c1-34-25-18(3-2-9-26-25)16-5-7-22(30)19(11-16)23-28-20-6-4-17(12-21(20)29-23)24(31)27-13-15-8-10-35(32,33)14-15/h2-7,9,11-12,15,30H,8,10,13-14H2,1H3,(H,27,31)(H,28,29). The molecule has 1 fully saturated rings. The lowest BCUT2D eigenvalue weighted by Crippen LogP contribution is -2.29. The highest BCUT2D eigenvalue weighted by atomic mass is 32.2. The number of methoxy groups -OCH3 is 1. The number of phenols is 1. The van der Waals surface area contributed by atoms with Gasteiger partial charge in [0.25, 0.3) is 5.91 Å². The molecule has 2 aromatic carbocycles. The van der Waals surface area contributed by atoms with Crippen molar-refractivity contribution < 1.29 is 23.1 Å². The molecule has 1 unspecified atom stereocenters. The van der Waals surface area contributed by atoms with Crippen LogP contribution in [-0.2, 0) is 9.84 Å². The number of imidazole rings is 1. The number of nitrogens with one attached hydrogen (secondary N) is 2. The summed E-state index contributed by atoms with van der Waals surface area (Å²) in [6.45, 7) is 0.322. The molecule has 4 aromatic rings. The normalized spacial score (nSPS) is 16.9. The van der Waals surface area contributed by atoms with E-state index in [4.69, 9.17) is 4.74 Å². The molecule has 1 saturated heterocycles. The zero-order chi connectivity index (χ0) is 24.6. The van der Waals surface area contributed by atoms with Gasteiger partial charge < -0.3 is 20.1 Å². The Morgan fingerprint density at radius 2 is 2.06 bits per heavy atom. The topological polar surface area (TPSA) is 134 Å². The minimum atomic E-state index is -2.98. The molecule has 35 heavy (non-hydrogen) atoms. The highest BCUT2D eigenvalue weighted by Crippen LogP contribution is 2.35. The number of aromatic amines is 1. The summed E-state index contributed by atoms with van der Waals surface area (Å²) in [7, 11) is -1.43. The van der Waals surface area contributed by atoms with Crippen LogP contribution in [0.1, 0.15) is 16.8 Å². The predicted octanol–water partition coefficient (Wildman–Crippen LogP) is 3.17. The van der Waals surface area contributed by atoms with E-state index < -0.39 is 9.84 Å². The van der Waals surface area contributed by atoms with Crippen molar-refractivity contribution in [1.82, 2.24) is 20.3 Å². The SMILES string of the molecule is COc1ncccc1-c1ccc(O)c(-c2nc3ccc(C(=O)NCC4CCS(=O)(=O)C4)cc3[nH]2)c1. The Hall–Kier alpha value is -3.92. The summed E-state index contributed by atoms with van der Waals surface area (Å²) in [6, 6.07) is 14.0. The Morgan fingerprint density at radius 1 is 1.20 bits per heavy atom. The smallest absolute Gasteiger partial charge is 0.251 e. The number of pyridine rings is 1. The van der Waals surface area contributed by atoms with Gasteiger partial charge in [0, 0.05) is 23.9 Å². The number of carbonyl (C=O) groups excluding carboxylic acids is 1. The maximum Gasteiger partial charge on any atom is 0.251 e. The number of hydrogen-bond donors (Lipinski definition) is 3. The Balaban J connectivity index is 1.40. The van der Waals surface area contributed by atoms with Crippen molar-refractivity contribution >= 4 is 26.8 Å². The fourth-order valence-electron chi connectivity index (χ4n) is 4.32. The number of sulfone groups is 1. The number of phenolic OH excluding ortho intramolecular Hbond substituents is 1. The number of hydrogen-bond acceptors (Lipinski definition) is 7. The lowest BCUT2D eigenvalue weighted by molar-refractivity contribution is 0.0948. The quantitative estimate of drug-likeness (QED) is 0.376. The fraction of sp³-hybridized carbons (Fsp3) is 0.240. The number of amides is 1. The number of H-pyrrole nitrogens is 1. The van der Waals surface area contributed by atoms with Crippen LogP contribution < -0.4 is 10.1 Å². The Morgan fingerprint density at radius 3 is 2.83 bits per heavy atom. The lowest BCUT2D eigenvalue weighted by atomic mass is 10.0. The number of aromatic nitrogens is 3. The molecule has 10 heteroatoms. The minimum absolute atomic E-state index is 0.0554. The van der Waals surface area contributed by atoms with Crippen LogP contribution in [0.5, 0.6) is 11.6 Å². The molecule has 0 radical (unpaired) electrons. The van der Waals surface area contributed by atoms with Crippen LogP contribution in [0.4, 0.5) is 0 Å². The van der Waals surface area contributed by atoms with Crippen molar-refractivity contribution in [2.75, 3.05) is 25.2 Å². The van der Waals surface area contributed by atoms with E-state index >= 15 is 0 Å². The van der Waals surface area contributed by atoms with Crippen LogP contribution in [0.25, 0.3) is 33.5 Å². The van der Waals surface area contributed by atoms with E-state index in [9.17, 15) is 18.3 Å². The van der Waals surface area contributed by atoms with Gasteiger partial charge in [0.15, 0.2) is 9.84 Å². The maximum absolute atomic E-state index is 12.6. The van der Waals surface area contributed by atoms with Gasteiger partial charge in [-0.05, 0) is 60.4 Å². The number of benzene rings is 2. The van der Waals surface area contributed by atoms with Crippen molar-refractivity contribution in [3.8, 4) is 34.1 Å². The Kier molecular flexibility index (Phi) is 5.89. The van der Waals surface area contributed by atoms with Gasteiger partial charge in [-0.2, -0.15) is 0 Å². The van der Waals surface area contributed by atoms with Gasteiger partial charge in [0.2, 0.25) is 5.88 Å². The third-order valence-electron chi connectivity index (χ3n) is 6.15. The first-order valence-corrected chi connectivity index (χ1v) is 13.0. The fourth-order valence-corrected chi connectivity index (χ4v) is 6.18. The third kappa shape index (κ3) is 4.69. The maximum atomic E-state index is 12.6. The van der Waals surface area contributed by atoms with E-state index in [0.29, 0.717) is 46.8 Å². The molecule has 1 amide bonds. The molecule has 5 rings (SSSR count). The minimum Gasteiger partial charge on any atom is -0.507 e. The predicted molar refractivity (Wildman–Crippen MR) is 132 cm³/mol. The lowest BCUT2D eigenvalue weighted by Gasteiger charge is -2.09. The number of rotatable bonds is 6. The average Bonchev–Trinajstić information content (AvgIpc) is 3.44. The van der Waals surface area contributed by atoms with Crippen LogP contribution in [0, 0.1) is 5.92 Å². The molecule has 180 valence electrons. The molecule has 3 N–H and O–H groups in total.